The summed E-state index contributed by atoms with van der Waals surface area (Å²) in [6.45, 7) is 5.38. The largest absolute Gasteiger partial charge is 0.479 e. The minimum atomic E-state index is -1.87. The SMILES string of the molecule is CC(=O)OC[C@@]12CCC(C)=C[C@@H]1O[C@H]1C(O[C@@H]3O[C@@H](C(=O)O)[C@H](O)[C@H](O)[C@@H]3O)C(O)[C@]2(C)C12CO2. The van der Waals surface area contributed by atoms with Gasteiger partial charge in [0.25, 0.3) is 0 Å². The molecular formula is C23H32O12. The first kappa shape index (κ1) is 25.0. The molecule has 3 heterocycles. The van der Waals surface area contributed by atoms with Gasteiger partial charge in [-0.1, -0.05) is 18.6 Å². The molecule has 196 valence electrons. The van der Waals surface area contributed by atoms with Crippen molar-refractivity contribution in [2.45, 2.75) is 94.3 Å². The van der Waals surface area contributed by atoms with E-state index in [1.54, 1.807) is 0 Å². The third-order valence-corrected chi connectivity index (χ3v) is 8.91. The van der Waals surface area contributed by atoms with Crippen molar-refractivity contribution < 1.29 is 58.8 Å². The van der Waals surface area contributed by atoms with Gasteiger partial charge in [0.2, 0.25) is 0 Å². The number of carboxylic acids is 1. The molecular weight excluding hydrogens is 468 g/mol. The summed E-state index contributed by atoms with van der Waals surface area (Å²) in [6, 6.07) is 0. The highest BCUT2D eigenvalue weighted by atomic mass is 16.7. The molecule has 3 aliphatic heterocycles. The van der Waals surface area contributed by atoms with Gasteiger partial charge in [-0.25, -0.2) is 4.79 Å². The van der Waals surface area contributed by atoms with E-state index < -0.39 is 83.5 Å². The number of allylic oxidation sites excluding steroid dienone is 1. The maximum Gasteiger partial charge on any atom is 0.335 e. The van der Waals surface area contributed by atoms with E-state index in [4.69, 9.17) is 23.7 Å². The van der Waals surface area contributed by atoms with Crippen molar-refractivity contribution in [1.29, 1.82) is 0 Å². The fraction of sp³-hybridized carbons (Fsp3) is 0.826. The minimum Gasteiger partial charge on any atom is -0.479 e. The van der Waals surface area contributed by atoms with Gasteiger partial charge in [0.15, 0.2) is 12.4 Å². The van der Waals surface area contributed by atoms with Gasteiger partial charge in [0.05, 0.1) is 18.8 Å². The summed E-state index contributed by atoms with van der Waals surface area (Å²) >= 11 is 0. The fourth-order valence-electron chi connectivity index (χ4n) is 6.70. The molecule has 1 spiro atoms. The Morgan fingerprint density at radius 2 is 1.83 bits per heavy atom. The third kappa shape index (κ3) is 3.28. The highest BCUT2D eigenvalue weighted by Crippen LogP contribution is 2.72. The normalized spacial score (nSPS) is 52.5. The lowest BCUT2D eigenvalue weighted by molar-refractivity contribution is -0.315. The summed E-state index contributed by atoms with van der Waals surface area (Å²) in [5, 5.41) is 51.7. The van der Waals surface area contributed by atoms with Crippen LogP contribution in [-0.2, 0) is 33.3 Å². The first-order chi connectivity index (χ1) is 16.4. The van der Waals surface area contributed by atoms with Crippen LogP contribution < -0.4 is 0 Å². The number of hydrogen-bond donors (Lipinski definition) is 5. The molecule has 0 amide bonds. The number of carbonyl (C=O) groups excluding carboxylic acids is 1. The number of ether oxygens (including phenoxy) is 5. The molecule has 0 aromatic heterocycles. The van der Waals surface area contributed by atoms with E-state index in [1.165, 1.54) is 6.92 Å². The number of carbonyl (C=O) groups is 2. The van der Waals surface area contributed by atoms with Crippen LogP contribution in [0, 0.1) is 10.8 Å². The number of fused-ring (bicyclic) bond motifs is 2. The first-order valence-electron chi connectivity index (χ1n) is 11.8. The lowest BCUT2D eigenvalue weighted by Gasteiger charge is -2.57. The van der Waals surface area contributed by atoms with Gasteiger partial charge in [-0.2, -0.15) is 0 Å². The molecule has 0 radical (unpaired) electrons. The summed E-state index contributed by atoms with van der Waals surface area (Å²) in [5.41, 5.74) is -1.72. The third-order valence-electron chi connectivity index (χ3n) is 8.91. The molecule has 12 atom stereocenters. The molecule has 12 heteroatoms. The molecule has 1 saturated carbocycles. The van der Waals surface area contributed by atoms with E-state index in [9.17, 15) is 35.1 Å². The van der Waals surface area contributed by atoms with Crippen molar-refractivity contribution in [3.8, 4) is 0 Å². The Bertz CT molecular complexity index is 931. The van der Waals surface area contributed by atoms with Gasteiger partial charge in [0.1, 0.15) is 42.7 Å². The number of aliphatic hydroxyl groups excluding tert-OH is 4. The van der Waals surface area contributed by atoms with Crippen LogP contribution in [0.15, 0.2) is 11.6 Å². The van der Waals surface area contributed by atoms with Gasteiger partial charge >= 0.3 is 11.9 Å². The molecule has 4 fully saturated rings. The molecule has 2 bridgehead atoms. The van der Waals surface area contributed by atoms with Gasteiger partial charge in [-0.05, 0) is 19.8 Å². The number of carboxylic acid groups (broad SMARTS) is 1. The lowest BCUT2D eigenvalue weighted by Crippen LogP contribution is -2.66. The van der Waals surface area contributed by atoms with Crippen molar-refractivity contribution in [3.63, 3.8) is 0 Å². The summed E-state index contributed by atoms with van der Waals surface area (Å²) in [4.78, 5) is 23.3. The number of epoxide rings is 1. The zero-order chi connectivity index (χ0) is 25.5. The number of hydrogen-bond acceptors (Lipinski definition) is 11. The fourth-order valence-corrected chi connectivity index (χ4v) is 6.70. The zero-order valence-corrected chi connectivity index (χ0v) is 19.7. The van der Waals surface area contributed by atoms with E-state index >= 15 is 0 Å². The standard InChI is InChI=1S/C23H32O12/c1-9-4-5-22(7-31-10(2)24)11(6-9)33-18-16(17(28)21(22,3)23(18)8-32-23)35-20-14(27)12(25)13(26)15(34-20)19(29)30/h6,11-18,20,25-28H,4-5,7-8H2,1-3H3,(H,29,30)/t11-,12-,13+,14-,15+,16?,17?,18-,20-,21-,22-,23?/m0/s1. The quantitative estimate of drug-likeness (QED) is 0.167. The van der Waals surface area contributed by atoms with E-state index in [1.807, 2.05) is 19.9 Å². The Morgan fingerprint density at radius 3 is 2.43 bits per heavy atom. The Kier molecular flexibility index (Phi) is 5.85. The zero-order valence-electron chi connectivity index (χ0n) is 19.7. The van der Waals surface area contributed by atoms with Crippen molar-refractivity contribution in [1.82, 2.24) is 0 Å². The number of rotatable bonds is 5. The molecule has 0 aromatic carbocycles. The molecule has 5 N–H and O–H groups in total. The second-order valence-electron chi connectivity index (χ2n) is 10.6. The van der Waals surface area contributed by atoms with Crippen molar-refractivity contribution in [2.75, 3.05) is 13.2 Å². The van der Waals surface area contributed by atoms with Crippen molar-refractivity contribution in [2.24, 2.45) is 10.8 Å². The second-order valence-corrected chi connectivity index (χ2v) is 10.6. The lowest BCUT2D eigenvalue weighted by atomic mass is 9.51. The maximum absolute atomic E-state index is 11.8. The highest BCUT2D eigenvalue weighted by Gasteiger charge is 2.85. The predicted molar refractivity (Wildman–Crippen MR) is 113 cm³/mol. The Hall–Kier alpha value is -1.64. The number of aliphatic hydroxyl groups is 4. The number of esters is 1. The summed E-state index contributed by atoms with van der Waals surface area (Å²) in [5.74, 6) is -2.01. The average molecular weight is 500 g/mol. The van der Waals surface area contributed by atoms with Crippen LogP contribution in [0.3, 0.4) is 0 Å². The van der Waals surface area contributed by atoms with Gasteiger partial charge in [-0.15, -0.1) is 0 Å². The van der Waals surface area contributed by atoms with Crippen LogP contribution in [0.1, 0.15) is 33.6 Å². The summed E-state index contributed by atoms with van der Waals surface area (Å²) in [6.07, 6.45) is -9.52. The van der Waals surface area contributed by atoms with Crippen LogP contribution in [0.2, 0.25) is 0 Å². The molecule has 12 nitrogen and oxygen atoms in total. The molecule has 2 aliphatic carbocycles. The number of aliphatic carboxylic acids is 1. The Morgan fingerprint density at radius 1 is 1.14 bits per heavy atom. The molecule has 5 rings (SSSR count). The van der Waals surface area contributed by atoms with Gasteiger partial charge < -0.3 is 49.2 Å². The smallest absolute Gasteiger partial charge is 0.335 e. The van der Waals surface area contributed by atoms with E-state index in [0.717, 1.165) is 5.57 Å². The van der Waals surface area contributed by atoms with Crippen LogP contribution in [-0.4, -0.2) is 111 Å². The first-order valence-corrected chi connectivity index (χ1v) is 11.8. The Balaban J connectivity index is 1.50. The van der Waals surface area contributed by atoms with Gasteiger partial charge in [-0.3, -0.25) is 4.79 Å². The molecule has 5 aliphatic rings. The molecule has 3 unspecified atom stereocenters. The van der Waals surface area contributed by atoms with Crippen LogP contribution in [0.4, 0.5) is 0 Å². The predicted octanol–water partition coefficient (Wildman–Crippen LogP) is -1.53. The van der Waals surface area contributed by atoms with E-state index in [2.05, 4.69) is 0 Å². The van der Waals surface area contributed by atoms with E-state index in [-0.39, 0.29) is 13.2 Å². The van der Waals surface area contributed by atoms with E-state index in [0.29, 0.717) is 12.8 Å². The molecule has 35 heavy (non-hydrogen) atoms. The molecule has 3 saturated heterocycles. The van der Waals surface area contributed by atoms with Crippen molar-refractivity contribution in [3.05, 3.63) is 11.6 Å². The molecule has 0 aromatic rings. The van der Waals surface area contributed by atoms with Crippen LogP contribution >= 0.6 is 0 Å². The summed E-state index contributed by atoms with van der Waals surface area (Å²) in [7, 11) is 0. The second kappa shape index (κ2) is 8.18. The topological polar surface area (TPSA) is 185 Å². The highest BCUT2D eigenvalue weighted by molar-refractivity contribution is 5.73. The Labute approximate surface area is 201 Å². The summed E-state index contributed by atoms with van der Waals surface area (Å²) < 4.78 is 29.1. The van der Waals surface area contributed by atoms with Gasteiger partial charge in [0, 0.05) is 17.8 Å². The van der Waals surface area contributed by atoms with Crippen molar-refractivity contribution >= 4 is 11.9 Å². The minimum absolute atomic E-state index is 0.0105. The monoisotopic (exact) mass is 500 g/mol. The maximum atomic E-state index is 11.8. The average Bonchev–Trinajstić information content (AvgIpc) is 3.58. The van der Waals surface area contributed by atoms with Crippen LogP contribution in [0.25, 0.3) is 0 Å². The van der Waals surface area contributed by atoms with Crippen LogP contribution in [0.5, 0.6) is 0 Å².